The van der Waals surface area contributed by atoms with Gasteiger partial charge in [-0.05, 0) is 61.3 Å². The van der Waals surface area contributed by atoms with E-state index in [2.05, 4.69) is 31.0 Å². The zero-order valence-electron chi connectivity index (χ0n) is 18.3. The van der Waals surface area contributed by atoms with Crippen LogP contribution in [0.1, 0.15) is 24.3 Å². The van der Waals surface area contributed by atoms with Gasteiger partial charge in [-0.15, -0.1) is 0 Å². The van der Waals surface area contributed by atoms with Gasteiger partial charge in [-0.2, -0.15) is 4.98 Å². The van der Waals surface area contributed by atoms with Crippen LogP contribution in [0.25, 0.3) is 11.4 Å². The normalized spacial score (nSPS) is 16.7. The summed E-state index contributed by atoms with van der Waals surface area (Å²) in [4.78, 5) is 21.6. The number of likely N-dealkylation sites (tertiary alicyclic amines) is 1. The fourth-order valence-electron chi connectivity index (χ4n) is 4.02. The van der Waals surface area contributed by atoms with E-state index in [1.54, 1.807) is 7.11 Å². The lowest BCUT2D eigenvalue weighted by molar-refractivity contribution is -0.136. The third-order valence-electron chi connectivity index (χ3n) is 5.74. The predicted octanol–water partition coefficient (Wildman–Crippen LogP) is 4.38. The third kappa shape index (κ3) is 5.55. The second-order valence-corrected chi connectivity index (χ2v) is 9.05. The zero-order valence-corrected chi connectivity index (χ0v) is 19.9. The number of methoxy groups -OCH3 is 1. The second-order valence-electron chi connectivity index (χ2n) is 8.14. The van der Waals surface area contributed by atoms with Crippen LogP contribution >= 0.6 is 15.9 Å². The fourth-order valence-corrected chi connectivity index (χ4v) is 4.29. The van der Waals surface area contributed by atoms with E-state index < -0.39 is 0 Å². The summed E-state index contributed by atoms with van der Waals surface area (Å²) >= 11 is 3.43. The molecule has 7 nitrogen and oxygen atoms in total. The molecule has 3 aromatic rings. The largest absolute Gasteiger partial charge is 0.497 e. The van der Waals surface area contributed by atoms with Gasteiger partial charge in [0.15, 0.2) is 0 Å². The number of aromatic nitrogens is 2. The van der Waals surface area contributed by atoms with Gasteiger partial charge in [0.05, 0.1) is 19.6 Å². The van der Waals surface area contributed by atoms with Gasteiger partial charge in [0.1, 0.15) is 5.75 Å². The number of ether oxygens (including phenoxy) is 1. The lowest BCUT2D eigenvalue weighted by atomic mass is 9.96. The number of carbonyl (C=O) groups excluding carboxylic acids is 1. The molecule has 1 unspecified atom stereocenters. The lowest BCUT2D eigenvalue weighted by Gasteiger charge is -2.33. The van der Waals surface area contributed by atoms with Gasteiger partial charge in [-0.3, -0.25) is 9.69 Å². The Labute approximate surface area is 196 Å². The molecule has 0 saturated carbocycles. The van der Waals surface area contributed by atoms with Crippen LogP contribution in [-0.4, -0.2) is 53.1 Å². The Hall–Kier alpha value is -2.71. The molecule has 32 heavy (non-hydrogen) atoms. The minimum atomic E-state index is -0.0270. The molecule has 168 valence electrons. The minimum Gasteiger partial charge on any atom is -0.497 e. The number of benzene rings is 2. The summed E-state index contributed by atoms with van der Waals surface area (Å²) in [6.45, 7) is 2.75. The molecule has 1 aromatic heterocycles. The van der Waals surface area contributed by atoms with Crippen LogP contribution in [0.5, 0.6) is 5.75 Å². The summed E-state index contributed by atoms with van der Waals surface area (Å²) in [7, 11) is 3.52. The molecule has 1 aliphatic rings. The summed E-state index contributed by atoms with van der Waals surface area (Å²) in [5.41, 5.74) is 2.00. The SMILES string of the molecule is COc1ccc(CN(C)C(=O)C2CCCN(Cc3nc(-c4ccc(Br)cc4)no3)C2)cc1. The van der Waals surface area contributed by atoms with Crippen LogP contribution in [0, 0.1) is 5.92 Å². The molecule has 0 aliphatic carbocycles. The highest BCUT2D eigenvalue weighted by atomic mass is 79.9. The van der Waals surface area contributed by atoms with E-state index in [9.17, 15) is 4.79 Å². The number of halogens is 1. The van der Waals surface area contributed by atoms with Crippen molar-refractivity contribution in [3.63, 3.8) is 0 Å². The molecule has 0 bridgehead atoms. The van der Waals surface area contributed by atoms with E-state index in [0.717, 1.165) is 40.7 Å². The Balaban J connectivity index is 1.33. The molecule has 2 aromatic carbocycles. The number of nitrogens with zero attached hydrogens (tertiary/aromatic N) is 4. The quantitative estimate of drug-likeness (QED) is 0.481. The zero-order chi connectivity index (χ0) is 22.5. The average Bonchev–Trinajstić information content (AvgIpc) is 3.28. The van der Waals surface area contributed by atoms with Crippen molar-refractivity contribution >= 4 is 21.8 Å². The van der Waals surface area contributed by atoms with Crippen LogP contribution in [0.4, 0.5) is 0 Å². The fraction of sp³-hybridized carbons (Fsp3) is 0.375. The van der Waals surface area contributed by atoms with Crippen LogP contribution in [0.2, 0.25) is 0 Å². The highest BCUT2D eigenvalue weighted by Crippen LogP contribution is 2.23. The van der Waals surface area contributed by atoms with Crippen molar-refractivity contribution in [3.8, 4) is 17.1 Å². The first-order valence-corrected chi connectivity index (χ1v) is 11.5. The van der Waals surface area contributed by atoms with Crippen LogP contribution < -0.4 is 4.74 Å². The maximum atomic E-state index is 13.1. The highest BCUT2D eigenvalue weighted by Gasteiger charge is 2.29. The van der Waals surface area contributed by atoms with Crippen molar-refractivity contribution in [1.82, 2.24) is 19.9 Å². The standard InChI is InChI=1S/C24H27BrN4O3/c1-28(14-17-5-11-21(31-2)12-6-17)24(30)19-4-3-13-29(15-19)16-22-26-23(27-32-22)18-7-9-20(25)10-8-18/h5-12,19H,3-4,13-16H2,1-2H3. The molecule has 2 heterocycles. The molecule has 1 aliphatic heterocycles. The van der Waals surface area contributed by atoms with Crippen LogP contribution in [0.15, 0.2) is 57.5 Å². The number of piperidine rings is 1. The maximum Gasteiger partial charge on any atom is 0.241 e. The van der Waals surface area contributed by atoms with Gasteiger partial charge in [-0.1, -0.05) is 33.2 Å². The van der Waals surface area contributed by atoms with Crippen molar-refractivity contribution in [2.45, 2.75) is 25.9 Å². The van der Waals surface area contributed by atoms with Gasteiger partial charge in [-0.25, -0.2) is 0 Å². The van der Waals surface area contributed by atoms with Crippen molar-refractivity contribution in [3.05, 3.63) is 64.5 Å². The Morgan fingerprint density at radius 3 is 2.69 bits per heavy atom. The van der Waals surface area contributed by atoms with Crippen molar-refractivity contribution in [2.24, 2.45) is 5.92 Å². The van der Waals surface area contributed by atoms with Gasteiger partial charge in [0, 0.05) is 30.2 Å². The predicted molar refractivity (Wildman–Crippen MR) is 125 cm³/mol. The molecule has 0 radical (unpaired) electrons. The third-order valence-corrected chi connectivity index (χ3v) is 6.27. The lowest BCUT2D eigenvalue weighted by Crippen LogP contribution is -2.43. The van der Waals surface area contributed by atoms with E-state index in [0.29, 0.717) is 31.3 Å². The molecule has 1 atom stereocenters. The summed E-state index contributed by atoms with van der Waals surface area (Å²) < 4.78 is 11.7. The van der Waals surface area contributed by atoms with Crippen molar-refractivity contribution < 1.29 is 14.1 Å². The Bertz CT molecular complexity index is 1040. The summed E-state index contributed by atoms with van der Waals surface area (Å²) in [5.74, 6) is 2.11. The number of amides is 1. The molecular weight excluding hydrogens is 472 g/mol. The molecule has 1 saturated heterocycles. The number of carbonyl (C=O) groups is 1. The summed E-state index contributed by atoms with van der Waals surface area (Å²) in [6, 6.07) is 15.6. The van der Waals surface area contributed by atoms with E-state index in [1.165, 1.54) is 0 Å². The first-order valence-electron chi connectivity index (χ1n) is 10.7. The Morgan fingerprint density at radius 1 is 1.22 bits per heavy atom. The van der Waals surface area contributed by atoms with Gasteiger partial charge < -0.3 is 14.2 Å². The average molecular weight is 499 g/mol. The van der Waals surface area contributed by atoms with Gasteiger partial charge in [0.25, 0.3) is 0 Å². The van der Waals surface area contributed by atoms with Crippen LogP contribution in [-0.2, 0) is 17.9 Å². The van der Waals surface area contributed by atoms with Gasteiger partial charge >= 0.3 is 0 Å². The highest BCUT2D eigenvalue weighted by molar-refractivity contribution is 9.10. The van der Waals surface area contributed by atoms with Crippen LogP contribution in [0.3, 0.4) is 0 Å². The first kappa shape index (κ1) is 22.5. The van der Waals surface area contributed by atoms with E-state index >= 15 is 0 Å². The number of hydrogen-bond donors (Lipinski definition) is 0. The van der Waals surface area contributed by atoms with Crippen molar-refractivity contribution in [1.29, 1.82) is 0 Å². The Kier molecular flexibility index (Phi) is 7.22. The molecule has 0 spiro atoms. The monoisotopic (exact) mass is 498 g/mol. The van der Waals surface area contributed by atoms with Crippen molar-refractivity contribution in [2.75, 3.05) is 27.2 Å². The van der Waals surface area contributed by atoms with Gasteiger partial charge in [0.2, 0.25) is 17.6 Å². The number of hydrogen-bond acceptors (Lipinski definition) is 6. The van der Waals surface area contributed by atoms with E-state index in [4.69, 9.17) is 9.26 Å². The minimum absolute atomic E-state index is 0.0270. The molecule has 0 N–H and O–H groups in total. The second kappa shape index (κ2) is 10.3. The number of rotatable bonds is 7. The van der Waals surface area contributed by atoms with E-state index in [1.807, 2.05) is 60.5 Å². The molecule has 8 heteroatoms. The molecular formula is C24H27BrN4O3. The molecule has 1 fully saturated rings. The summed E-state index contributed by atoms with van der Waals surface area (Å²) in [5, 5.41) is 4.11. The topological polar surface area (TPSA) is 71.7 Å². The first-order chi connectivity index (χ1) is 15.5. The molecule has 1 amide bonds. The Morgan fingerprint density at radius 2 is 1.97 bits per heavy atom. The summed E-state index contributed by atoms with van der Waals surface area (Å²) in [6.07, 6.45) is 1.87. The van der Waals surface area contributed by atoms with E-state index in [-0.39, 0.29) is 11.8 Å². The maximum absolute atomic E-state index is 13.1. The smallest absolute Gasteiger partial charge is 0.241 e. The molecule has 4 rings (SSSR count).